The number of anilines is 1. The van der Waals surface area contributed by atoms with Crippen molar-refractivity contribution >= 4 is 22.8 Å². The van der Waals surface area contributed by atoms with Crippen LogP contribution in [0.2, 0.25) is 0 Å². The van der Waals surface area contributed by atoms with Gasteiger partial charge in [0.25, 0.3) is 0 Å². The third-order valence-corrected chi connectivity index (χ3v) is 4.05. The molecular formula is C15H18N4O2. The van der Waals surface area contributed by atoms with Crippen molar-refractivity contribution in [3.8, 4) is 0 Å². The van der Waals surface area contributed by atoms with E-state index in [2.05, 4.69) is 19.9 Å². The highest BCUT2D eigenvalue weighted by Crippen LogP contribution is 2.24. The highest BCUT2D eigenvalue weighted by Gasteiger charge is 2.25. The van der Waals surface area contributed by atoms with Crippen LogP contribution in [0.25, 0.3) is 11.2 Å². The number of carboxylic acid groups (broad SMARTS) is 1. The zero-order valence-electron chi connectivity index (χ0n) is 12.2. The molecule has 1 atom stereocenters. The first-order chi connectivity index (χ1) is 10.0. The van der Waals surface area contributed by atoms with E-state index in [1.165, 1.54) is 0 Å². The van der Waals surface area contributed by atoms with Gasteiger partial charge in [-0.15, -0.1) is 0 Å². The number of piperidine rings is 1. The van der Waals surface area contributed by atoms with Crippen molar-refractivity contribution in [2.24, 2.45) is 5.92 Å². The second-order valence-corrected chi connectivity index (χ2v) is 5.55. The Morgan fingerprint density at radius 1 is 1.33 bits per heavy atom. The summed E-state index contributed by atoms with van der Waals surface area (Å²) < 4.78 is 0. The van der Waals surface area contributed by atoms with Gasteiger partial charge in [0.1, 0.15) is 5.52 Å². The molecule has 6 nitrogen and oxygen atoms in total. The van der Waals surface area contributed by atoms with Crippen molar-refractivity contribution in [2.75, 3.05) is 18.0 Å². The fourth-order valence-electron chi connectivity index (χ4n) is 2.69. The summed E-state index contributed by atoms with van der Waals surface area (Å²) in [6, 6.07) is 1.95. The van der Waals surface area contributed by atoms with E-state index < -0.39 is 5.97 Å². The molecule has 0 amide bonds. The zero-order chi connectivity index (χ0) is 15.0. The Morgan fingerprint density at radius 2 is 2.10 bits per heavy atom. The van der Waals surface area contributed by atoms with Crippen LogP contribution in [-0.4, -0.2) is 39.1 Å². The average Bonchev–Trinajstić information content (AvgIpc) is 2.48. The molecule has 0 aromatic carbocycles. The number of rotatable bonds is 2. The van der Waals surface area contributed by atoms with Crippen LogP contribution < -0.4 is 4.90 Å². The monoisotopic (exact) mass is 286 g/mol. The van der Waals surface area contributed by atoms with Crippen molar-refractivity contribution in [1.82, 2.24) is 15.0 Å². The number of carboxylic acids is 1. The van der Waals surface area contributed by atoms with Gasteiger partial charge in [-0.2, -0.15) is 0 Å². The fourth-order valence-corrected chi connectivity index (χ4v) is 2.69. The van der Waals surface area contributed by atoms with Crippen molar-refractivity contribution < 1.29 is 9.90 Å². The summed E-state index contributed by atoms with van der Waals surface area (Å²) in [5, 5.41) is 9.18. The van der Waals surface area contributed by atoms with E-state index in [1.807, 2.05) is 19.9 Å². The molecule has 3 rings (SSSR count). The maximum Gasteiger partial charge on any atom is 0.308 e. The Kier molecular flexibility index (Phi) is 3.45. The molecule has 21 heavy (non-hydrogen) atoms. The molecule has 2 aromatic rings. The average molecular weight is 286 g/mol. The van der Waals surface area contributed by atoms with Crippen LogP contribution in [-0.2, 0) is 4.79 Å². The number of pyridine rings is 1. The van der Waals surface area contributed by atoms with Crippen molar-refractivity contribution in [2.45, 2.75) is 26.7 Å². The molecule has 1 unspecified atom stereocenters. The molecule has 0 radical (unpaired) electrons. The minimum absolute atomic E-state index is 0.305. The molecular weight excluding hydrogens is 268 g/mol. The predicted octanol–water partition coefficient (Wildman–Crippen LogP) is 1.94. The number of carbonyl (C=O) groups is 1. The molecule has 1 fully saturated rings. The molecule has 1 N–H and O–H groups in total. The minimum atomic E-state index is -0.722. The van der Waals surface area contributed by atoms with Crippen molar-refractivity contribution in [3.05, 3.63) is 23.7 Å². The normalized spacial score (nSPS) is 19.0. The summed E-state index contributed by atoms with van der Waals surface area (Å²) in [5.41, 5.74) is 4.09. The summed E-state index contributed by atoms with van der Waals surface area (Å²) in [6.45, 7) is 5.23. The summed E-state index contributed by atoms with van der Waals surface area (Å²) in [5.74, 6) is -1.03. The Hall–Kier alpha value is -2.24. The lowest BCUT2D eigenvalue weighted by molar-refractivity contribution is -0.141. The van der Waals surface area contributed by atoms with Gasteiger partial charge >= 0.3 is 5.97 Å². The van der Waals surface area contributed by atoms with Gasteiger partial charge in [0.2, 0.25) is 0 Å². The third kappa shape index (κ3) is 2.66. The maximum absolute atomic E-state index is 11.2. The SMILES string of the molecule is Cc1nc2cc(N3CCCC(C(=O)O)C3)cnc2nc1C. The molecule has 1 aliphatic rings. The quantitative estimate of drug-likeness (QED) is 0.909. The lowest BCUT2D eigenvalue weighted by atomic mass is 9.98. The maximum atomic E-state index is 11.2. The lowest BCUT2D eigenvalue weighted by Gasteiger charge is -2.32. The summed E-state index contributed by atoms with van der Waals surface area (Å²) in [7, 11) is 0. The Morgan fingerprint density at radius 3 is 2.86 bits per heavy atom. The van der Waals surface area contributed by atoms with Crippen LogP contribution in [0.15, 0.2) is 12.3 Å². The summed E-state index contributed by atoms with van der Waals surface area (Å²) in [4.78, 5) is 26.5. The highest BCUT2D eigenvalue weighted by atomic mass is 16.4. The topological polar surface area (TPSA) is 79.2 Å². The lowest BCUT2D eigenvalue weighted by Crippen LogP contribution is -2.38. The Labute approximate surface area is 122 Å². The first kappa shape index (κ1) is 13.7. The van der Waals surface area contributed by atoms with E-state index in [1.54, 1.807) is 6.20 Å². The molecule has 0 bridgehead atoms. The number of aliphatic carboxylic acids is 1. The highest BCUT2D eigenvalue weighted by molar-refractivity contribution is 5.75. The number of hydrogen-bond acceptors (Lipinski definition) is 5. The predicted molar refractivity (Wildman–Crippen MR) is 79.4 cm³/mol. The van der Waals surface area contributed by atoms with Gasteiger partial charge in [0, 0.05) is 13.1 Å². The first-order valence-electron chi connectivity index (χ1n) is 7.13. The Balaban J connectivity index is 1.93. The molecule has 6 heteroatoms. The largest absolute Gasteiger partial charge is 0.481 e. The number of aryl methyl sites for hydroxylation is 2. The van der Waals surface area contributed by atoms with E-state index in [9.17, 15) is 9.90 Å². The molecule has 1 saturated heterocycles. The zero-order valence-corrected chi connectivity index (χ0v) is 12.2. The molecule has 3 heterocycles. The standard InChI is InChI=1S/C15H18N4O2/c1-9-10(2)18-14-13(17-9)6-12(7-16-14)19-5-3-4-11(8-19)15(20)21/h6-7,11H,3-5,8H2,1-2H3,(H,20,21). The molecule has 1 aliphatic heterocycles. The summed E-state index contributed by atoms with van der Waals surface area (Å²) in [6.07, 6.45) is 3.38. The van der Waals surface area contributed by atoms with Gasteiger partial charge < -0.3 is 10.0 Å². The van der Waals surface area contributed by atoms with Gasteiger partial charge in [-0.25, -0.2) is 15.0 Å². The molecule has 0 aliphatic carbocycles. The molecule has 0 spiro atoms. The van der Waals surface area contributed by atoms with E-state index in [-0.39, 0.29) is 5.92 Å². The molecule has 2 aromatic heterocycles. The molecule has 0 saturated carbocycles. The second-order valence-electron chi connectivity index (χ2n) is 5.55. The fraction of sp³-hybridized carbons (Fsp3) is 0.467. The minimum Gasteiger partial charge on any atom is -0.481 e. The van der Waals surface area contributed by atoms with Gasteiger partial charge in [-0.3, -0.25) is 4.79 Å². The van der Waals surface area contributed by atoms with Gasteiger partial charge in [-0.05, 0) is 32.8 Å². The van der Waals surface area contributed by atoms with Crippen molar-refractivity contribution in [3.63, 3.8) is 0 Å². The van der Waals surface area contributed by atoms with E-state index >= 15 is 0 Å². The van der Waals surface area contributed by atoms with Crippen LogP contribution in [0.4, 0.5) is 5.69 Å². The second kappa shape index (κ2) is 5.27. The number of fused-ring (bicyclic) bond motifs is 1. The van der Waals surface area contributed by atoms with Gasteiger partial charge in [0.05, 0.1) is 29.2 Å². The van der Waals surface area contributed by atoms with E-state index in [0.717, 1.165) is 42.0 Å². The smallest absolute Gasteiger partial charge is 0.308 e. The number of aromatic nitrogens is 3. The van der Waals surface area contributed by atoms with E-state index in [0.29, 0.717) is 12.2 Å². The summed E-state index contributed by atoms with van der Waals surface area (Å²) >= 11 is 0. The molecule has 110 valence electrons. The van der Waals surface area contributed by atoms with Crippen LogP contribution in [0.5, 0.6) is 0 Å². The van der Waals surface area contributed by atoms with Crippen LogP contribution in [0.3, 0.4) is 0 Å². The third-order valence-electron chi connectivity index (χ3n) is 4.05. The van der Waals surface area contributed by atoms with Gasteiger partial charge in [-0.1, -0.05) is 0 Å². The van der Waals surface area contributed by atoms with Crippen LogP contribution in [0, 0.1) is 19.8 Å². The Bertz CT molecular complexity index is 701. The van der Waals surface area contributed by atoms with Crippen LogP contribution in [0.1, 0.15) is 24.2 Å². The first-order valence-corrected chi connectivity index (χ1v) is 7.13. The number of nitrogens with zero attached hydrogens (tertiary/aromatic N) is 4. The van der Waals surface area contributed by atoms with Gasteiger partial charge in [0.15, 0.2) is 5.65 Å². The number of hydrogen-bond donors (Lipinski definition) is 1. The van der Waals surface area contributed by atoms with E-state index in [4.69, 9.17) is 0 Å². The van der Waals surface area contributed by atoms with Crippen molar-refractivity contribution in [1.29, 1.82) is 0 Å². The van der Waals surface area contributed by atoms with Crippen LogP contribution >= 0.6 is 0 Å².